The van der Waals surface area contributed by atoms with E-state index in [2.05, 4.69) is 28.1 Å². The molecule has 1 saturated heterocycles. The molecule has 0 aromatic heterocycles. The summed E-state index contributed by atoms with van der Waals surface area (Å²) in [5, 5.41) is 0. The first-order valence-electron chi connectivity index (χ1n) is 14.0. The maximum absolute atomic E-state index is 12.6. The Morgan fingerprint density at radius 1 is 0.688 bits per heavy atom. The Morgan fingerprint density at radius 2 is 1.12 bits per heavy atom. The monoisotopic (exact) mass is 451 g/mol. The smallest absolute Gasteiger partial charge is 0.232 e. The molecule has 1 rings (SSSR count). The molecule has 1 aliphatic heterocycles. The van der Waals surface area contributed by atoms with Crippen LogP contribution >= 0.6 is 0 Å². The molecular weight excluding hydrogens is 396 g/mol. The summed E-state index contributed by atoms with van der Waals surface area (Å²) in [5.41, 5.74) is 0. The number of imide groups is 1. The van der Waals surface area contributed by atoms with Crippen molar-refractivity contribution in [2.45, 2.75) is 129 Å². The zero-order valence-electron chi connectivity index (χ0n) is 22.1. The van der Waals surface area contributed by atoms with E-state index in [-0.39, 0.29) is 17.7 Å². The summed E-state index contributed by atoms with van der Waals surface area (Å²) in [6.45, 7) is 3.87. The minimum absolute atomic E-state index is 0.0433. The van der Waals surface area contributed by atoms with Gasteiger partial charge in [-0.15, -0.1) is 0 Å². The van der Waals surface area contributed by atoms with Gasteiger partial charge in [0.25, 0.3) is 0 Å². The highest BCUT2D eigenvalue weighted by Crippen LogP contribution is 2.25. The predicted molar refractivity (Wildman–Crippen MR) is 137 cm³/mol. The van der Waals surface area contributed by atoms with Crippen LogP contribution in [0.5, 0.6) is 0 Å². The zero-order chi connectivity index (χ0) is 23.7. The SMILES string of the molecule is CCCCCCCCCCCCCCCCCCC1CC(=O)N(CCC[N+](C)(C)C)C1=O. The zero-order valence-corrected chi connectivity index (χ0v) is 22.1. The third-order valence-electron chi connectivity index (χ3n) is 6.95. The fraction of sp³-hybridized carbons (Fsp3) is 0.929. The summed E-state index contributed by atoms with van der Waals surface area (Å²) in [6.07, 6.45) is 24.1. The highest BCUT2D eigenvalue weighted by molar-refractivity contribution is 6.03. The van der Waals surface area contributed by atoms with Crippen molar-refractivity contribution in [1.82, 2.24) is 4.90 Å². The molecule has 188 valence electrons. The van der Waals surface area contributed by atoms with Crippen molar-refractivity contribution in [3.05, 3.63) is 0 Å². The number of likely N-dealkylation sites (tertiary alicyclic amines) is 1. The lowest BCUT2D eigenvalue weighted by Gasteiger charge is -2.25. The number of amides is 2. The van der Waals surface area contributed by atoms with Gasteiger partial charge in [-0.3, -0.25) is 14.5 Å². The summed E-state index contributed by atoms with van der Waals surface area (Å²) in [5.74, 6) is 0.105. The molecule has 1 aliphatic rings. The quantitative estimate of drug-likeness (QED) is 0.106. The second-order valence-corrected chi connectivity index (χ2v) is 11.2. The van der Waals surface area contributed by atoms with Crippen molar-refractivity contribution in [2.75, 3.05) is 34.2 Å². The molecule has 1 unspecified atom stereocenters. The molecule has 2 amide bonds. The van der Waals surface area contributed by atoms with E-state index in [0.29, 0.717) is 13.0 Å². The molecule has 0 aromatic carbocycles. The molecule has 0 N–H and O–H groups in total. The highest BCUT2D eigenvalue weighted by atomic mass is 16.2. The van der Waals surface area contributed by atoms with Gasteiger partial charge in [0.15, 0.2) is 0 Å². The van der Waals surface area contributed by atoms with Gasteiger partial charge in [0.05, 0.1) is 27.7 Å². The lowest BCUT2D eigenvalue weighted by molar-refractivity contribution is -0.870. The van der Waals surface area contributed by atoms with Gasteiger partial charge in [-0.2, -0.15) is 0 Å². The molecule has 0 spiro atoms. The lowest BCUT2D eigenvalue weighted by atomic mass is 9.98. The standard InChI is InChI=1S/C28H55N2O2/c1-5-6-7-8-9-10-11-12-13-14-15-16-17-18-19-20-22-26-25-27(31)29(28(26)32)23-21-24-30(2,3)4/h26H,5-25H2,1-4H3/q+1. The lowest BCUT2D eigenvalue weighted by Crippen LogP contribution is -2.39. The number of carbonyl (C=O) groups is 2. The van der Waals surface area contributed by atoms with Crippen LogP contribution in [0.15, 0.2) is 0 Å². The van der Waals surface area contributed by atoms with Crippen LogP contribution in [0.25, 0.3) is 0 Å². The number of quaternary nitrogens is 1. The van der Waals surface area contributed by atoms with Crippen LogP contribution in [0.1, 0.15) is 129 Å². The van der Waals surface area contributed by atoms with E-state index in [4.69, 9.17) is 0 Å². The Balaban J connectivity index is 1.92. The average Bonchev–Trinajstić information content (AvgIpc) is 3.00. The first-order chi connectivity index (χ1) is 15.3. The second kappa shape index (κ2) is 17.6. The van der Waals surface area contributed by atoms with Gasteiger partial charge in [0.1, 0.15) is 0 Å². The van der Waals surface area contributed by atoms with Gasteiger partial charge in [-0.25, -0.2) is 0 Å². The fourth-order valence-corrected chi connectivity index (χ4v) is 4.85. The van der Waals surface area contributed by atoms with Gasteiger partial charge >= 0.3 is 0 Å². The first-order valence-corrected chi connectivity index (χ1v) is 14.0. The second-order valence-electron chi connectivity index (χ2n) is 11.2. The normalized spacial score (nSPS) is 17.0. The number of hydrogen-bond donors (Lipinski definition) is 0. The minimum atomic E-state index is -0.0433. The predicted octanol–water partition coefficient (Wildman–Crippen LogP) is 7.11. The molecule has 32 heavy (non-hydrogen) atoms. The Hall–Kier alpha value is -0.900. The van der Waals surface area contributed by atoms with Crippen molar-refractivity contribution in [1.29, 1.82) is 0 Å². The van der Waals surface area contributed by atoms with Crippen molar-refractivity contribution < 1.29 is 14.1 Å². The Bertz CT molecular complexity index is 498. The van der Waals surface area contributed by atoms with Crippen LogP contribution in [0.4, 0.5) is 0 Å². The molecule has 0 aliphatic carbocycles. The van der Waals surface area contributed by atoms with Gasteiger partial charge in [0.2, 0.25) is 11.8 Å². The molecule has 1 fully saturated rings. The van der Waals surface area contributed by atoms with E-state index in [0.717, 1.165) is 30.3 Å². The molecule has 0 bridgehead atoms. The maximum atomic E-state index is 12.6. The molecule has 4 nitrogen and oxygen atoms in total. The Morgan fingerprint density at radius 3 is 1.56 bits per heavy atom. The molecule has 4 heteroatoms. The summed E-state index contributed by atoms with van der Waals surface area (Å²) < 4.78 is 0.874. The number of rotatable bonds is 21. The Labute approximate surface area is 200 Å². The number of hydrogen-bond acceptors (Lipinski definition) is 2. The van der Waals surface area contributed by atoms with Gasteiger partial charge in [-0.05, 0) is 6.42 Å². The van der Waals surface area contributed by atoms with Crippen LogP contribution in [-0.2, 0) is 9.59 Å². The first kappa shape index (κ1) is 29.1. The number of nitrogens with zero attached hydrogens (tertiary/aromatic N) is 2. The molecule has 0 aromatic rings. The average molecular weight is 452 g/mol. The minimum Gasteiger partial charge on any atom is -0.331 e. The summed E-state index contributed by atoms with van der Waals surface area (Å²) in [4.78, 5) is 26.3. The summed E-state index contributed by atoms with van der Waals surface area (Å²) in [7, 11) is 6.44. The van der Waals surface area contributed by atoms with E-state index >= 15 is 0 Å². The van der Waals surface area contributed by atoms with E-state index in [1.807, 2.05) is 0 Å². The summed E-state index contributed by atoms with van der Waals surface area (Å²) >= 11 is 0. The third-order valence-corrected chi connectivity index (χ3v) is 6.95. The van der Waals surface area contributed by atoms with E-state index in [9.17, 15) is 9.59 Å². The number of unbranched alkanes of at least 4 members (excludes halogenated alkanes) is 15. The maximum Gasteiger partial charge on any atom is 0.232 e. The largest absolute Gasteiger partial charge is 0.331 e. The van der Waals surface area contributed by atoms with Gasteiger partial charge in [0, 0.05) is 25.3 Å². The molecular formula is C28H55N2O2+. The molecule has 1 heterocycles. The fourth-order valence-electron chi connectivity index (χ4n) is 4.85. The van der Waals surface area contributed by atoms with Crippen LogP contribution in [0.2, 0.25) is 0 Å². The van der Waals surface area contributed by atoms with E-state index in [1.165, 1.54) is 101 Å². The molecule has 1 atom stereocenters. The molecule has 0 saturated carbocycles. The molecule has 0 radical (unpaired) electrons. The van der Waals surface area contributed by atoms with Crippen LogP contribution in [0, 0.1) is 5.92 Å². The van der Waals surface area contributed by atoms with Crippen molar-refractivity contribution >= 4 is 11.8 Å². The van der Waals surface area contributed by atoms with Crippen LogP contribution in [0.3, 0.4) is 0 Å². The highest BCUT2D eigenvalue weighted by Gasteiger charge is 2.37. The van der Waals surface area contributed by atoms with Crippen molar-refractivity contribution in [2.24, 2.45) is 5.92 Å². The number of carbonyl (C=O) groups excluding carboxylic acids is 2. The van der Waals surface area contributed by atoms with Crippen molar-refractivity contribution in [3.8, 4) is 0 Å². The van der Waals surface area contributed by atoms with Gasteiger partial charge < -0.3 is 4.48 Å². The van der Waals surface area contributed by atoms with Crippen LogP contribution < -0.4 is 0 Å². The summed E-state index contributed by atoms with van der Waals surface area (Å²) in [6, 6.07) is 0. The van der Waals surface area contributed by atoms with Crippen LogP contribution in [-0.4, -0.2) is 55.4 Å². The van der Waals surface area contributed by atoms with Gasteiger partial charge in [-0.1, -0.05) is 110 Å². The third kappa shape index (κ3) is 14.3. The van der Waals surface area contributed by atoms with Crippen molar-refractivity contribution in [3.63, 3.8) is 0 Å². The van der Waals surface area contributed by atoms with E-state index < -0.39 is 0 Å². The van der Waals surface area contributed by atoms with E-state index in [1.54, 1.807) is 0 Å². The topological polar surface area (TPSA) is 37.4 Å². The Kier molecular flexibility index (Phi) is 16.0.